The third-order valence-electron chi connectivity index (χ3n) is 4.65. The van der Waals surface area contributed by atoms with Crippen LogP contribution in [0.1, 0.15) is 66.0 Å². The molecular formula is C25H38N2O5. The van der Waals surface area contributed by atoms with Crippen LogP contribution in [0.2, 0.25) is 0 Å². The highest BCUT2D eigenvalue weighted by Crippen LogP contribution is 2.24. The van der Waals surface area contributed by atoms with Gasteiger partial charge in [-0.05, 0) is 44.6 Å². The molecule has 32 heavy (non-hydrogen) atoms. The van der Waals surface area contributed by atoms with Crippen LogP contribution in [-0.2, 0) is 19.1 Å². The first-order chi connectivity index (χ1) is 14.9. The van der Waals surface area contributed by atoms with Gasteiger partial charge in [-0.3, -0.25) is 9.59 Å². The highest BCUT2D eigenvalue weighted by atomic mass is 16.6. The monoisotopic (exact) mass is 446 g/mol. The molecular weight excluding hydrogens is 408 g/mol. The van der Waals surface area contributed by atoms with Crippen molar-refractivity contribution in [2.45, 2.75) is 72.1 Å². The Kier molecular flexibility index (Phi) is 11.0. The molecule has 0 unspecified atom stereocenters. The van der Waals surface area contributed by atoms with Crippen molar-refractivity contribution in [3.8, 4) is 0 Å². The fourth-order valence-electron chi connectivity index (χ4n) is 3.16. The lowest BCUT2D eigenvalue weighted by molar-refractivity contribution is -0.139. The summed E-state index contributed by atoms with van der Waals surface area (Å²) in [4.78, 5) is 36.9. The summed E-state index contributed by atoms with van der Waals surface area (Å²) in [6.07, 6.45) is 3.63. The fourth-order valence-corrected chi connectivity index (χ4v) is 3.16. The molecule has 7 nitrogen and oxygen atoms in total. The van der Waals surface area contributed by atoms with Gasteiger partial charge >= 0.3 is 12.1 Å². The van der Waals surface area contributed by atoms with Gasteiger partial charge in [-0.15, -0.1) is 0 Å². The summed E-state index contributed by atoms with van der Waals surface area (Å²) in [6, 6.07) is 8.53. The lowest BCUT2D eigenvalue weighted by Gasteiger charge is -2.28. The number of esters is 1. The van der Waals surface area contributed by atoms with E-state index in [2.05, 4.69) is 15.4 Å². The van der Waals surface area contributed by atoms with Crippen LogP contribution < -0.4 is 10.6 Å². The van der Waals surface area contributed by atoms with E-state index in [1.165, 1.54) is 7.11 Å². The Morgan fingerprint density at radius 2 is 1.66 bits per heavy atom. The van der Waals surface area contributed by atoms with Crippen molar-refractivity contribution >= 4 is 18.0 Å². The molecule has 0 aliphatic rings. The molecule has 0 fully saturated rings. The first-order valence-electron chi connectivity index (χ1n) is 11.0. The molecule has 0 spiro atoms. The van der Waals surface area contributed by atoms with Crippen molar-refractivity contribution < 1.29 is 23.9 Å². The van der Waals surface area contributed by atoms with E-state index < -0.39 is 17.7 Å². The van der Waals surface area contributed by atoms with Crippen molar-refractivity contribution in [3.05, 3.63) is 48.0 Å². The molecule has 1 aromatic rings. The maximum atomic E-state index is 13.2. The second-order valence-corrected chi connectivity index (χ2v) is 9.29. The van der Waals surface area contributed by atoms with Gasteiger partial charge in [-0.1, -0.05) is 63.3 Å². The summed E-state index contributed by atoms with van der Waals surface area (Å²) in [5, 5.41) is 5.80. The molecule has 0 aliphatic carbocycles. The molecule has 3 atom stereocenters. The van der Waals surface area contributed by atoms with Crippen LogP contribution in [0, 0.1) is 11.8 Å². The minimum Gasteiger partial charge on any atom is -0.469 e. The molecule has 0 heterocycles. The molecule has 0 saturated carbocycles. The van der Waals surface area contributed by atoms with Crippen molar-refractivity contribution in [1.82, 2.24) is 10.6 Å². The molecule has 0 saturated heterocycles. The Labute approximate surface area is 191 Å². The van der Waals surface area contributed by atoms with Gasteiger partial charge in [0, 0.05) is 0 Å². The Morgan fingerprint density at radius 1 is 1.03 bits per heavy atom. The second-order valence-electron chi connectivity index (χ2n) is 9.29. The third-order valence-corrected chi connectivity index (χ3v) is 4.65. The molecule has 1 aromatic carbocycles. The third kappa shape index (κ3) is 10.5. The lowest BCUT2D eigenvalue weighted by atomic mass is 9.93. The normalized spacial score (nSPS) is 14.5. The van der Waals surface area contributed by atoms with Crippen LogP contribution in [0.4, 0.5) is 4.79 Å². The maximum absolute atomic E-state index is 13.2. The second kappa shape index (κ2) is 12.9. The Morgan fingerprint density at radius 3 is 2.19 bits per heavy atom. The van der Waals surface area contributed by atoms with E-state index in [1.807, 2.05) is 57.2 Å². The fraction of sp³-hybridized carbons (Fsp3) is 0.560. The van der Waals surface area contributed by atoms with Crippen LogP contribution in [0.3, 0.4) is 0 Å². The summed E-state index contributed by atoms with van der Waals surface area (Å²) >= 11 is 0. The molecule has 1 rings (SSSR count). The van der Waals surface area contributed by atoms with Crippen LogP contribution >= 0.6 is 0 Å². The lowest BCUT2D eigenvalue weighted by Crippen LogP contribution is -2.50. The molecule has 2 amide bonds. The number of carbonyl (C=O) groups excluding carboxylic acids is 3. The number of ether oxygens (including phenoxy) is 2. The number of amides is 2. The number of methoxy groups -OCH3 is 1. The Balaban J connectivity index is 3.04. The van der Waals surface area contributed by atoms with Crippen molar-refractivity contribution in [1.29, 1.82) is 0 Å². The van der Waals surface area contributed by atoms with Crippen LogP contribution in [0.5, 0.6) is 0 Å². The molecule has 7 heteroatoms. The molecule has 2 N–H and O–H groups in total. The minimum atomic E-state index is -0.734. The van der Waals surface area contributed by atoms with Crippen LogP contribution in [0.15, 0.2) is 42.5 Å². The number of alkyl carbamates (subject to hydrolysis) is 1. The smallest absolute Gasteiger partial charge is 0.408 e. The molecule has 0 bridgehead atoms. The number of rotatable bonds is 10. The summed E-state index contributed by atoms with van der Waals surface area (Å²) in [7, 11) is 1.35. The van der Waals surface area contributed by atoms with Crippen LogP contribution in [-0.4, -0.2) is 36.7 Å². The van der Waals surface area contributed by atoms with E-state index in [-0.39, 0.29) is 36.2 Å². The predicted molar refractivity (Wildman–Crippen MR) is 125 cm³/mol. The molecule has 0 radical (unpaired) electrons. The Bertz CT molecular complexity index is 768. The van der Waals surface area contributed by atoms with Crippen molar-refractivity contribution in [2.24, 2.45) is 11.8 Å². The van der Waals surface area contributed by atoms with Crippen LogP contribution in [0.25, 0.3) is 0 Å². The van der Waals surface area contributed by atoms with E-state index in [0.717, 1.165) is 5.56 Å². The number of benzene rings is 1. The summed E-state index contributed by atoms with van der Waals surface area (Å²) < 4.78 is 10.0. The van der Waals surface area contributed by atoms with E-state index in [0.29, 0.717) is 6.42 Å². The zero-order chi connectivity index (χ0) is 24.3. The first kappa shape index (κ1) is 27.2. The van der Waals surface area contributed by atoms with E-state index in [9.17, 15) is 14.4 Å². The maximum Gasteiger partial charge on any atom is 0.408 e. The van der Waals surface area contributed by atoms with Gasteiger partial charge < -0.3 is 20.1 Å². The van der Waals surface area contributed by atoms with Gasteiger partial charge in [-0.25, -0.2) is 4.79 Å². The quantitative estimate of drug-likeness (QED) is 0.407. The van der Waals surface area contributed by atoms with E-state index in [4.69, 9.17) is 4.74 Å². The zero-order valence-electron chi connectivity index (χ0n) is 20.3. The molecule has 0 aliphatic heterocycles. The number of nitrogens with one attached hydrogen (secondary N) is 2. The highest BCUT2D eigenvalue weighted by molar-refractivity contribution is 5.86. The number of carbonyl (C=O) groups is 3. The van der Waals surface area contributed by atoms with E-state index in [1.54, 1.807) is 26.8 Å². The van der Waals surface area contributed by atoms with Gasteiger partial charge in [0.1, 0.15) is 11.6 Å². The van der Waals surface area contributed by atoms with Gasteiger partial charge in [0.25, 0.3) is 0 Å². The molecule has 0 aromatic heterocycles. The number of hydrogen-bond acceptors (Lipinski definition) is 5. The topological polar surface area (TPSA) is 93.7 Å². The SMILES string of the molecule is COC(=O)C/C=C/[C@@H](C)[C@H](NC(=O)[C@H](CC(C)C)NC(=O)OC(C)(C)C)c1ccccc1. The minimum absolute atomic E-state index is 0.104. The average molecular weight is 447 g/mol. The standard InChI is InChI=1S/C25H38N2O5/c1-17(2)16-20(26-24(30)32-25(4,5)6)23(29)27-22(19-13-9-8-10-14-19)18(3)12-11-15-21(28)31-7/h8-14,17-18,20,22H,15-16H2,1-7H3,(H,26,30)(H,27,29)/b12-11+/t18-,20+,22+/m1/s1. The van der Waals surface area contributed by atoms with E-state index >= 15 is 0 Å². The predicted octanol–water partition coefficient (Wildman–Crippen LogP) is 4.54. The van der Waals surface area contributed by atoms with Gasteiger partial charge in [0.2, 0.25) is 5.91 Å². The average Bonchev–Trinajstić information content (AvgIpc) is 2.69. The van der Waals surface area contributed by atoms with Gasteiger partial charge in [0.05, 0.1) is 19.6 Å². The van der Waals surface area contributed by atoms with Crippen molar-refractivity contribution in [2.75, 3.05) is 7.11 Å². The van der Waals surface area contributed by atoms with Gasteiger partial charge in [-0.2, -0.15) is 0 Å². The summed E-state index contributed by atoms with van der Waals surface area (Å²) in [6.45, 7) is 11.3. The summed E-state index contributed by atoms with van der Waals surface area (Å²) in [5.41, 5.74) is 0.269. The zero-order valence-corrected chi connectivity index (χ0v) is 20.3. The van der Waals surface area contributed by atoms with Crippen molar-refractivity contribution in [3.63, 3.8) is 0 Å². The molecule has 178 valence electrons. The largest absolute Gasteiger partial charge is 0.469 e. The highest BCUT2D eigenvalue weighted by Gasteiger charge is 2.28. The van der Waals surface area contributed by atoms with Gasteiger partial charge in [0.15, 0.2) is 0 Å². The Hall–Kier alpha value is -2.83. The number of hydrogen-bond donors (Lipinski definition) is 2. The summed E-state index contributed by atoms with van der Waals surface area (Å²) in [5.74, 6) is -0.528. The first-order valence-corrected chi connectivity index (χ1v) is 11.0.